The molecule has 1 aromatic carbocycles. The molecule has 30 heavy (non-hydrogen) atoms. The topological polar surface area (TPSA) is 73.2 Å². The van der Waals surface area contributed by atoms with Crippen LogP contribution in [0.25, 0.3) is 0 Å². The molecule has 0 atom stereocenters. The summed E-state index contributed by atoms with van der Waals surface area (Å²) in [6, 6.07) is 5.94. The normalized spacial score (nSPS) is 11.2. The van der Waals surface area contributed by atoms with Gasteiger partial charge < -0.3 is 10.1 Å². The zero-order chi connectivity index (χ0) is 22.4. The first kappa shape index (κ1) is 23.6. The monoisotopic (exact) mass is 413 g/mol. The SMILES string of the molecule is Cc1cccc(C(C)C)c1NC(=O)COC(=O)CCc1c(C)nn(CC(C)C)c1C. The number of para-hydroxylation sites is 1. The Hall–Kier alpha value is -2.63. The number of aromatic nitrogens is 2. The summed E-state index contributed by atoms with van der Waals surface area (Å²) in [7, 11) is 0. The second-order valence-electron chi connectivity index (χ2n) is 8.63. The van der Waals surface area contributed by atoms with Gasteiger partial charge in [0.15, 0.2) is 6.61 Å². The fraction of sp³-hybridized carbons (Fsp3) is 0.542. The largest absolute Gasteiger partial charge is 0.456 e. The molecule has 1 amide bonds. The number of esters is 1. The fourth-order valence-corrected chi connectivity index (χ4v) is 3.58. The average molecular weight is 414 g/mol. The van der Waals surface area contributed by atoms with Crippen molar-refractivity contribution in [2.24, 2.45) is 5.92 Å². The van der Waals surface area contributed by atoms with Gasteiger partial charge in [0.2, 0.25) is 0 Å². The Labute approximate surface area is 180 Å². The van der Waals surface area contributed by atoms with Crippen LogP contribution in [0.15, 0.2) is 18.2 Å². The standard InChI is InChI=1S/C24H35N3O3/c1-15(2)13-27-19(7)21(18(6)26-27)11-12-23(29)30-14-22(28)25-24-17(5)9-8-10-20(24)16(3)4/h8-10,15-16H,11-14H2,1-7H3,(H,25,28). The summed E-state index contributed by atoms with van der Waals surface area (Å²) in [5.41, 5.74) is 5.98. The maximum atomic E-state index is 12.3. The molecule has 0 bridgehead atoms. The van der Waals surface area contributed by atoms with E-state index in [-0.39, 0.29) is 30.8 Å². The van der Waals surface area contributed by atoms with E-state index in [2.05, 4.69) is 38.1 Å². The summed E-state index contributed by atoms with van der Waals surface area (Å²) in [6.45, 7) is 15.0. The van der Waals surface area contributed by atoms with E-state index in [1.165, 1.54) is 0 Å². The quantitative estimate of drug-likeness (QED) is 0.605. The number of nitrogens with zero attached hydrogens (tertiary/aromatic N) is 2. The molecule has 6 heteroatoms. The molecule has 0 aliphatic rings. The Morgan fingerprint density at radius 2 is 1.83 bits per heavy atom. The van der Waals surface area contributed by atoms with Crippen molar-refractivity contribution in [3.8, 4) is 0 Å². The summed E-state index contributed by atoms with van der Waals surface area (Å²) in [4.78, 5) is 24.5. The predicted octanol–water partition coefficient (Wildman–Crippen LogP) is 4.70. The van der Waals surface area contributed by atoms with Gasteiger partial charge in [-0.05, 0) is 55.7 Å². The molecule has 6 nitrogen and oxygen atoms in total. The Kier molecular flexibility index (Phi) is 8.21. The van der Waals surface area contributed by atoms with Crippen LogP contribution in [-0.2, 0) is 27.3 Å². The van der Waals surface area contributed by atoms with E-state index >= 15 is 0 Å². The maximum absolute atomic E-state index is 12.3. The van der Waals surface area contributed by atoms with Crippen LogP contribution in [0.2, 0.25) is 0 Å². The van der Waals surface area contributed by atoms with Crippen molar-refractivity contribution in [3.63, 3.8) is 0 Å². The molecule has 0 saturated heterocycles. The molecule has 2 aromatic rings. The van der Waals surface area contributed by atoms with Gasteiger partial charge in [0, 0.05) is 24.3 Å². The second kappa shape index (κ2) is 10.4. The Morgan fingerprint density at radius 1 is 1.13 bits per heavy atom. The van der Waals surface area contributed by atoms with Crippen LogP contribution < -0.4 is 5.32 Å². The Bertz CT molecular complexity index is 897. The van der Waals surface area contributed by atoms with E-state index in [0.717, 1.165) is 40.3 Å². The minimum Gasteiger partial charge on any atom is -0.456 e. The third-order valence-electron chi connectivity index (χ3n) is 5.20. The van der Waals surface area contributed by atoms with Crippen LogP contribution in [0, 0.1) is 26.7 Å². The second-order valence-corrected chi connectivity index (χ2v) is 8.63. The number of carbonyl (C=O) groups is 2. The molecule has 2 rings (SSSR count). The Balaban J connectivity index is 1.89. The first-order valence-corrected chi connectivity index (χ1v) is 10.7. The molecule has 1 aromatic heterocycles. The molecule has 0 unspecified atom stereocenters. The van der Waals surface area contributed by atoms with Crippen molar-refractivity contribution in [1.82, 2.24) is 9.78 Å². The number of carbonyl (C=O) groups excluding carboxylic acids is 2. The molecule has 164 valence electrons. The number of benzene rings is 1. The van der Waals surface area contributed by atoms with Crippen LogP contribution >= 0.6 is 0 Å². The lowest BCUT2D eigenvalue weighted by atomic mass is 9.98. The van der Waals surface area contributed by atoms with Gasteiger partial charge in [-0.3, -0.25) is 14.3 Å². The number of aryl methyl sites for hydroxylation is 2. The first-order chi connectivity index (χ1) is 14.1. The van der Waals surface area contributed by atoms with Crippen molar-refractivity contribution < 1.29 is 14.3 Å². The molecule has 0 fully saturated rings. The lowest BCUT2D eigenvalue weighted by Crippen LogP contribution is -2.22. The van der Waals surface area contributed by atoms with E-state index in [1.807, 2.05) is 43.7 Å². The van der Waals surface area contributed by atoms with Gasteiger partial charge in [-0.25, -0.2) is 0 Å². The zero-order valence-electron chi connectivity index (χ0n) is 19.3. The van der Waals surface area contributed by atoms with E-state index in [9.17, 15) is 9.59 Å². The molecule has 1 N–H and O–H groups in total. The summed E-state index contributed by atoms with van der Waals surface area (Å²) >= 11 is 0. The summed E-state index contributed by atoms with van der Waals surface area (Å²) in [5, 5.41) is 7.48. The molecule has 0 aliphatic heterocycles. The lowest BCUT2D eigenvalue weighted by Gasteiger charge is -2.16. The Morgan fingerprint density at radius 3 is 2.47 bits per heavy atom. The van der Waals surface area contributed by atoms with E-state index in [1.54, 1.807) is 0 Å². The average Bonchev–Trinajstić information content (AvgIpc) is 2.92. The van der Waals surface area contributed by atoms with Gasteiger partial charge in [-0.15, -0.1) is 0 Å². The summed E-state index contributed by atoms with van der Waals surface area (Å²) < 4.78 is 7.21. The van der Waals surface area contributed by atoms with Crippen LogP contribution in [0.4, 0.5) is 5.69 Å². The first-order valence-electron chi connectivity index (χ1n) is 10.7. The number of hydrogen-bond donors (Lipinski definition) is 1. The van der Waals surface area contributed by atoms with Gasteiger partial charge in [-0.1, -0.05) is 45.9 Å². The molecular weight excluding hydrogens is 378 g/mol. The zero-order valence-corrected chi connectivity index (χ0v) is 19.3. The highest BCUT2D eigenvalue weighted by Crippen LogP contribution is 2.27. The summed E-state index contributed by atoms with van der Waals surface area (Å²) in [5.74, 6) is 0.0840. The van der Waals surface area contributed by atoms with Crippen LogP contribution in [-0.4, -0.2) is 28.3 Å². The highest BCUT2D eigenvalue weighted by atomic mass is 16.5. The van der Waals surface area contributed by atoms with E-state index in [0.29, 0.717) is 12.3 Å². The van der Waals surface area contributed by atoms with Crippen LogP contribution in [0.3, 0.4) is 0 Å². The highest BCUT2D eigenvalue weighted by Gasteiger charge is 2.16. The molecule has 0 aliphatic carbocycles. The molecule has 0 saturated carbocycles. The number of nitrogens with one attached hydrogen (secondary N) is 1. The van der Waals surface area contributed by atoms with E-state index < -0.39 is 0 Å². The maximum Gasteiger partial charge on any atom is 0.306 e. The van der Waals surface area contributed by atoms with Gasteiger partial charge in [-0.2, -0.15) is 5.10 Å². The van der Waals surface area contributed by atoms with Crippen LogP contribution in [0.5, 0.6) is 0 Å². The number of ether oxygens (including phenoxy) is 1. The summed E-state index contributed by atoms with van der Waals surface area (Å²) in [6.07, 6.45) is 0.787. The number of hydrogen-bond acceptors (Lipinski definition) is 4. The van der Waals surface area contributed by atoms with E-state index in [4.69, 9.17) is 4.74 Å². The highest BCUT2D eigenvalue weighted by molar-refractivity contribution is 5.94. The van der Waals surface area contributed by atoms with Gasteiger partial charge >= 0.3 is 5.97 Å². The third-order valence-corrected chi connectivity index (χ3v) is 5.20. The molecule has 1 heterocycles. The number of anilines is 1. The van der Waals surface area contributed by atoms with Crippen molar-refractivity contribution in [1.29, 1.82) is 0 Å². The smallest absolute Gasteiger partial charge is 0.306 e. The molecule has 0 radical (unpaired) electrons. The van der Waals surface area contributed by atoms with Gasteiger partial charge in [0.1, 0.15) is 0 Å². The number of amides is 1. The third kappa shape index (κ3) is 6.18. The van der Waals surface area contributed by atoms with Crippen molar-refractivity contribution in [3.05, 3.63) is 46.3 Å². The minimum atomic E-state index is -0.380. The fourth-order valence-electron chi connectivity index (χ4n) is 3.58. The molecule has 0 spiro atoms. The van der Waals surface area contributed by atoms with Gasteiger partial charge in [0.05, 0.1) is 5.69 Å². The molecular formula is C24H35N3O3. The number of rotatable bonds is 9. The van der Waals surface area contributed by atoms with Crippen molar-refractivity contribution in [2.45, 2.75) is 73.8 Å². The van der Waals surface area contributed by atoms with Gasteiger partial charge in [0.25, 0.3) is 5.91 Å². The van der Waals surface area contributed by atoms with Crippen molar-refractivity contribution in [2.75, 3.05) is 11.9 Å². The van der Waals surface area contributed by atoms with Crippen LogP contribution in [0.1, 0.15) is 68.1 Å². The van der Waals surface area contributed by atoms with Crippen molar-refractivity contribution >= 4 is 17.6 Å². The minimum absolute atomic E-state index is 0.226. The lowest BCUT2D eigenvalue weighted by molar-refractivity contribution is -0.147. The predicted molar refractivity (Wildman–Crippen MR) is 120 cm³/mol.